The second-order valence-electron chi connectivity index (χ2n) is 6.71. The Morgan fingerprint density at radius 2 is 1.77 bits per heavy atom. The molecule has 0 saturated carbocycles. The van der Waals surface area contributed by atoms with Gasteiger partial charge in [-0.1, -0.05) is 6.07 Å². The van der Waals surface area contributed by atoms with E-state index in [-0.39, 0.29) is 6.09 Å². The zero-order valence-corrected chi connectivity index (χ0v) is 13.6. The zero-order valence-electron chi connectivity index (χ0n) is 13.6. The molecule has 1 fully saturated rings. The van der Waals surface area contributed by atoms with Crippen molar-refractivity contribution in [3.05, 3.63) is 23.8 Å². The summed E-state index contributed by atoms with van der Waals surface area (Å²) in [6.07, 6.45) is -0.233. The zero-order chi connectivity index (χ0) is 16.3. The first kappa shape index (κ1) is 16.4. The van der Waals surface area contributed by atoms with E-state index >= 15 is 0 Å². The van der Waals surface area contributed by atoms with E-state index < -0.39 is 5.60 Å². The Hall–Kier alpha value is -1.95. The van der Waals surface area contributed by atoms with Crippen molar-refractivity contribution in [3.63, 3.8) is 0 Å². The van der Waals surface area contributed by atoms with Crippen molar-refractivity contribution in [2.45, 2.75) is 32.9 Å². The molecule has 2 rings (SSSR count). The monoisotopic (exact) mass is 306 g/mol. The number of hydrogen-bond donors (Lipinski definition) is 2. The van der Waals surface area contributed by atoms with Gasteiger partial charge in [0.25, 0.3) is 0 Å². The van der Waals surface area contributed by atoms with Crippen molar-refractivity contribution >= 4 is 17.5 Å². The molecule has 1 amide bonds. The molecule has 0 radical (unpaired) electrons. The fraction of sp³-hybridized carbons (Fsp3) is 0.562. The van der Waals surface area contributed by atoms with Gasteiger partial charge in [0.05, 0.1) is 11.4 Å². The van der Waals surface area contributed by atoms with Crippen LogP contribution < -0.4 is 11.5 Å². The quantitative estimate of drug-likeness (QED) is 0.815. The number of carbonyl (C=O) groups excluding carboxylic acids is 1. The van der Waals surface area contributed by atoms with E-state index in [1.807, 2.05) is 39.0 Å². The fourth-order valence-corrected chi connectivity index (χ4v) is 2.40. The van der Waals surface area contributed by atoms with Crippen molar-refractivity contribution < 1.29 is 9.53 Å². The highest BCUT2D eigenvalue weighted by Crippen LogP contribution is 2.18. The van der Waals surface area contributed by atoms with Gasteiger partial charge in [-0.15, -0.1) is 0 Å². The van der Waals surface area contributed by atoms with E-state index in [0.29, 0.717) is 24.5 Å². The summed E-state index contributed by atoms with van der Waals surface area (Å²) >= 11 is 0. The van der Waals surface area contributed by atoms with Crippen LogP contribution in [0.3, 0.4) is 0 Å². The molecule has 1 aliphatic rings. The Kier molecular flexibility index (Phi) is 4.81. The summed E-state index contributed by atoms with van der Waals surface area (Å²) in [5.74, 6) is 0. The predicted molar refractivity (Wildman–Crippen MR) is 88.4 cm³/mol. The number of nitrogens with zero attached hydrogens (tertiary/aromatic N) is 2. The molecular weight excluding hydrogens is 280 g/mol. The molecule has 1 aromatic rings. The Morgan fingerprint density at radius 1 is 1.14 bits per heavy atom. The summed E-state index contributed by atoms with van der Waals surface area (Å²) in [6, 6.07) is 5.74. The van der Waals surface area contributed by atoms with Gasteiger partial charge >= 0.3 is 6.09 Å². The molecule has 1 saturated heterocycles. The third kappa shape index (κ3) is 4.53. The molecule has 4 N–H and O–H groups in total. The number of nitrogen functional groups attached to an aromatic ring is 2. The van der Waals surface area contributed by atoms with Crippen LogP contribution in [0.2, 0.25) is 0 Å². The van der Waals surface area contributed by atoms with E-state index in [0.717, 1.165) is 25.2 Å². The number of hydrogen-bond acceptors (Lipinski definition) is 5. The Bertz CT molecular complexity index is 531. The van der Waals surface area contributed by atoms with Crippen LogP contribution in [-0.4, -0.2) is 47.7 Å². The van der Waals surface area contributed by atoms with Gasteiger partial charge in [-0.3, -0.25) is 4.90 Å². The molecule has 22 heavy (non-hydrogen) atoms. The standard InChI is InChI=1S/C16H26N4O2/c1-16(2,3)22-15(21)20-8-6-19(7-9-20)11-12-4-5-13(17)14(18)10-12/h4-5,10H,6-9,11,17-18H2,1-3H3. The van der Waals surface area contributed by atoms with Crippen LogP contribution in [0.25, 0.3) is 0 Å². The average Bonchev–Trinajstić information content (AvgIpc) is 2.42. The van der Waals surface area contributed by atoms with E-state index in [9.17, 15) is 4.79 Å². The highest BCUT2D eigenvalue weighted by molar-refractivity contribution is 5.68. The van der Waals surface area contributed by atoms with Crippen molar-refractivity contribution in [1.82, 2.24) is 9.80 Å². The molecular formula is C16H26N4O2. The van der Waals surface area contributed by atoms with Crippen LogP contribution >= 0.6 is 0 Å². The van der Waals surface area contributed by atoms with E-state index in [4.69, 9.17) is 16.2 Å². The van der Waals surface area contributed by atoms with Gasteiger partial charge in [0.2, 0.25) is 0 Å². The van der Waals surface area contributed by atoms with Crippen LogP contribution in [0.15, 0.2) is 18.2 Å². The van der Waals surface area contributed by atoms with Gasteiger partial charge in [0, 0.05) is 32.7 Å². The fourth-order valence-electron chi connectivity index (χ4n) is 2.40. The third-order valence-corrected chi connectivity index (χ3v) is 3.58. The number of benzene rings is 1. The molecule has 1 aliphatic heterocycles. The van der Waals surface area contributed by atoms with Gasteiger partial charge in [-0.05, 0) is 38.5 Å². The first-order valence-electron chi connectivity index (χ1n) is 7.59. The van der Waals surface area contributed by atoms with Crippen molar-refractivity contribution in [3.8, 4) is 0 Å². The lowest BCUT2D eigenvalue weighted by atomic mass is 10.1. The third-order valence-electron chi connectivity index (χ3n) is 3.58. The molecule has 0 unspecified atom stereocenters. The van der Waals surface area contributed by atoms with Gasteiger partial charge in [0.15, 0.2) is 0 Å². The summed E-state index contributed by atoms with van der Waals surface area (Å²) in [7, 11) is 0. The maximum atomic E-state index is 12.0. The van der Waals surface area contributed by atoms with Crippen LogP contribution in [0.5, 0.6) is 0 Å². The predicted octanol–water partition coefficient (Wildman–Crippen LogP) is 1.90. The largest absolute Gasteiger partial charge is 0.444 e. The van der Waals surface area contributed by atoms with Crippen molar-refractivity contribution in [2.24, 2.45) is 0 Å². The van der Waals surface area contributed by atoms with E-state index in [1.165, 1.54) is 0 Å². The van der Waals surface area contributed by atoms with E-state index in [1.54, 1.807) is 4.90 Å². The minimum Gasteiger partial charge on any atom is -0.444 e. The molecule has 0 bridgehead atoms. The van der Waals surface area contributed by atoms with E-state index in [2.05, 4.69) is 4.90 Å². The van der Waals surface area contributed by atoms with Gasteiger partial charge in [-0.2, -0.15) is 0 Å². The minimum atomic E-state index is -0.449. The van der Waals surface area contributed by atoms with Gasteiger partial charge < -0.3 is 21.1 Å². The molecule has 0 atom stereocenters. The number of ether oxygens (including phenoxy) is 1. The molecule has 0 spiro atoms. The molecule has 122 valence electrons. The minimum absolute atomic E-state index is 0.233. The Labute approximate surface area is 132 Å². The number of amides is 1. The molecule has 0 aliphatic carbocycles. The maximum Gasteiger partial charge on any atom is 0.410 e. The molecule has 6 heteroatoms. The first-order chi connectivity index (χ1) is 10.2. The average molecular weight is 306 g/mol. The number of carbonyl (C=O) groups is 1. The first-order valence-corrected chi connectivity index (χ1v) is 7.59. The molecule has 6 nitrogen and oxygen atoms in total. The van der Waals surface area contributed by atoms with Crippen LogP contribution in [0, 0.1) is 0 Å². The van der Waals surface area contributed by atoms with Crippen LogP contribution in [-0.2, 0) is 11.3 Å². The number of anilines is 2. The summed E-state index contributed by atoms with van der Waals surface area (Å²) in [5, 5.41) is 0. The topological polar surface area (TPSA) is 84.8 Å². The number of piperazine rings is 1. The maximum absolute atomic E-state index is 12.0. The molecule has 1 aromatic carbocycles. The van der Waals surface area contributed by atoms with Crippen molar-refractivity contribution in [2.75, 3.05) is 37.6 Å². The Balaban J connectivity index is 1.84. The van der Waals surface area contributed by atoms with Gasteiger partial charge in [-0.25, -0.2) is 4.79 Å². The van der Waals surface area contributed by atoms with Gasteiger partial charge in [0.1, 0.15) is 5.60 Å². The van der Waals surface area contributed by atoms with Crippen molar-refractivity contribution in [1.29, 1.82) is 0 Å². The summed E-state index contributed by atoms with van der Waals surface area (Å²) < 4.78 is 5.40. The number of rotatable bonds is 2. The smallest absolute Gasteiger partial charge is 0.410 e. The highest BCUT2D eigenvalue weighted by Gasteiger charge is 2.25. The summed E-state index contributed by atoms with van der Waals surface area (Å²) in [5.41, 5.74) is 13.5. The molecule has 1 heterocycles. The normalized spacial score (nSPS) is 16.6. The lowest BCUT2D eigenvalue weighted by molar-refractivity contribution is 0.0139. The summed E-state index contributed by atoms with van der Waals surface area (Å²) in [4.78, 5) is 16.1. The second kappa shape index (κ2) is 6.44. The lowest BCUT2D eigenvalue weighted by Gasteiger charge is -2.35. The second-order valence-corrected chi connectivity index (χ2v) is 6.71. The SMILES string of the molecule is CC(C)(C)OC(=O)N1CCN(Cc2ccc(N)c(N)c2)CC1. The molecule has 0 aromatic heterocycles. The summed E-state index contributed by atoms with van der Waals surface area (Å²) in [6.45, 7) is 9.46. The lowest BCUT2D eigenvalue weighted by Crippen LogP contribution is -2.49. The number of nitrogens with two attached hydrogens (primary N) is 2. The Morgan fingerprint density at radius 3 is 2.32 bits per heavy atom. The van der Waals surface area contributed by atoms with Crippen LogP contribution in [0.4, 0.5) is 16.2 Å². The van der Waals surface area contributed by atoms with Crippen LogP contribution in [0.1, 0.15) is 26.3 Å². The highest BCUT2D eigenvalue weighted by atomic mass is 16.6.